The van der Waals surface area contributed by atoms with Crippen molar-refractivity contribution in [3.8, 4) is 0 Å². The summed E-state index contributed by atoms with van der Waals surface area (Å²) in [5.74, 6) is 0.309. The maximum absolute atomic E-state index is 12.4. The predicted molar refractivity (Wildman–Crippen MR) is 99.4 cm³/mol. The standard InChI is InChI=1S/C18H33N3O4/c1-8-9-25-18(23)21(11-16(22)24-7)15(10-12(2)3)17(19)20-14(6)13(4)5/h8,12-15H,1,9-11H2,2-7H3,(H2,19,20)/t14-,15?/m1/s1. The molecule has 0 aliphatic rings. The van der Waals surface area contributed by atoms with Gasteiger partial charge in [-0.1, -0.05) is 40.3 Å². The van der Waals surface area contributed by atoms with Crippen molar-refractivity contribution in [3.63, 3.8) is 0 Å². The monoisotopic (exact) mass is 355 g/mol. The molecule has 0 aliphatic carbocycles. The van der Waals surface area contributed by atoms with E-state index in [0.29, 0.717) is 18.2 Å². The number of aliphatic imine (C=N–C) groups is 1. The van der Waals surface area contributed by atoms with Gasteiger partial charge in [0.1, 0.15) is 19.0 Å². The van der Waals surface area contributed by atoms with Crippen LogP contribution >= 0.6 is 0 Å². The van der Waals surface area contributed by atoms with Crippen molar-refractivity contribution >= 4 is 17.9 Å². The zero-order chi connectivity index (χ0) is 19.6. The first kappa shape index (κ1) is 22.9. The molecule has 0 rings (SSSR count). The zero-order valence-corrected chi connectivity index (χ0v) is 16.3. The molecule has 0 saturated carbocycles. The van der Waals surface area contributed by atoms with Gasteiger partial charge >= 0.3 is 12.1 Å². The number of nitrogens with zero attached hydrogens (tertiary/aromatic N) is 2. The minimum atomic E-state index is -0.647. The number of carbonyl (C=O) groups is 2. The first-order chi connectivity index (χ1) is 11.6. The van der Waals surface area contributed by atoms with E-state index in [0.717, 1.165) is 0 Å². The topological polar surface area (TPSA) is 94.2 Å². The molecule has 0 bridgehead atoms. The van der Waals surface area contributed by atoms with Gasteiger partial charge in [-0.2, -0.15) is 0 Å². The van der Waals surface area contributed by atoms with Gasteiger partial charge in [0.05, 0.1) is 19.2 Å². The van der Waals surface area contributed by atoms with Crippen molar-refractivity contribution in [2.75, 3.05) is 20.3 Å². The molecule has 0 aromatic heterocycles. The van der Waals surface area contributed by atoms with Gasteiger partial charge in [-0.3, -0.25) is 14.7 Å². The second-order valence-electron chi connectivity index (χ2n) is 6.75. The van der Waals surface area contributed by atoms with Crippen molar-refractivity contribution in [3.05, 3.63) is 12.7 Å². The number of hydrogen-bond donors (Lipinski definition) is 1. The van der Waals surface area contributed by atoms with Crippen LogP contribution in [0.4, 0.5) is 4.79 Å². The number of esters is 1. The van der Waals surface area contributed by atoms with Gasteiger partial charge < -0.3 is 15.2 Å². The van der Waals surface area contributed by atoms with Gasteiger partial charge in [0, 0.05) is 0 Å². The normalized spacial score (nSPS) is 14.2. The van der Waals surface area contributed by atoms with Crippen LogP contribution in [0.1, 0.15) is 41.0 Å². The van der Waals surface area contributed by atoms with E-state index in [1.165, 1.54) is 18.1 Å². The van der Waals surface area contributed by atoms with Crippen molar-refractivity contribution in [1.29, 1.82) is 0 Å². The highest BCUT2D eigenvalue weighted by atomic mass is 16.6. The predicted octanol–water partition coefficient (Wildman–Crippen LogP) is 2.60. The zero-order valence-electron chi connectivity index (χ0n) is 16.3. The maximum Gasteiger partial charge on any atom is 0.411 e. The molecule has 0 saturated heterocycles. The molecule has 0 spiro atoms. The number of amides is 1. The van der Waals surface area contributed by atoms with Crippen LogP contribution in [0.15, 0.2) is 17.6 Å². The minimum Gasteiger partial charge on any atom is -0.468 e. The molecule has 0 aromatic carbocycles. The number of rotatable bonds is 10. The molecule has 0 aliphatic heterocycles. The Morgan fingerprint density at radius 2 is 1.84 bits per heavy atom. The Labute approximate surface area is 151 Å². The van der Waals surface area contributed by atoms with Gasteiger partial charge in [-0.05, 0) is 25.2 Å². The fourth-order valence-corrected chi connectivity index (χ4v) is 2.04. The minimum absolute atomic E-state index is 0.00108. The number of hydrogen-bond acceptors (Lipinski definition) is 5. The van der Waals surface area contributed by atoms with Crippen LogP contribution in [0.25, 0.3) is 0 Å². The van der Waals surface area contributed by atoms with Crippen LogP contribution in [0, 0.1) is 11.8 Å². The number of ether oxygens (including phenoxy) is 2. The Morgan fingerprint density at radius 3 is 2.28 bits per heavy atom. The van der Waals surface area contributed by atoms with Gasteiger partial charge in [0.15, 0.2) is 0 Å². The summed E-state index contributed by atoms with van der Waals surface area (Å²) in [4.78, 5) is 30.0. The molecular formula is C18H33N3O4. The first-order valence-electron chi connectivity index (χ1n) is 8.58. The quantitative estimate of drug-likeness (QED) is 0.281. The lowest BCUT2D eigenvalue weighted by atomic mass is 10.0. The van der Waals surface area contributed by atoms with Crippen LogP contribution in [-0.2, 0) is 14.3 Å². The molecule has 2 atom stereocenters. The molecule has 0 radical (unpaired) electrons. The highest BCUT2D eigenvalue weighted by Gasteiger charge is 2.31. The van der Waals surface area contributed by atoms with E-state index in [1.54, 1.807) is 0 Å². The molecule has 7 nitrogen and oxygen atoms in total. The molecule has 7 heteroatoms. The van der Waals surface area contributed by atoms with E-state index in [1.807, 2.05) is 34.6 Å². The van der Waals surface area contributed by atoms with E-state index >= 15 is 0 Å². The molecule has 2 N–H and O–H groups in total. The molecule has 0 aromatic rings. The van der Waals surface area contributed by atoms with E-state index in [9.17, 15) is 9.59 Å². The first-order valence-corrected chi connectivity index (χ1v) is 8.58. The molecule has 1 amide bonds. The van der Waals surface area contributed by atoms with E-state index in [4.69, 9.17) is 15.2 Å². The molecule has 25 heavy (non-hydrogen) atoms. The SMILES string of the molecule is C=CCOC(=O)N(CC(=O)OC)C(CC(C)C)C(N)=N[C@H](C)C(C)C. The highest BCUT2D eigenvalue weighted by molar-refractivity contribution is 5.90. The Balaban J connectivity index is 5.68. The Bertz CT molecular complexity index is 475. The van der Waals surface area contributed by atoms with Crippen LogP contribution in [-0.4, -0.2) is 55.1 Å². The van der Waals surface area contributed by atoms with Crippen LogP contribution in [0.3, 0.4) is 0 Å². The molecular weight excluding hydrogens is 322 g/mol. The van der Waals surface area contributed by atoms with Crippen molar-refractivity contribution in [2.24, 2.45) is 22.6 Å². The summed E-state index contributed by atoms with van der Waals surface area (Å²) in [6.45, 7) is 13.4. The molecule has 0 fully saturated rings. The largest absolute Gasteiger partial charge is 0.468 e. The summed E-state index contributed by atoms with van der Waals surface area (Å²) in [5, 5.41) is 0. The summed E-state index contributed by atoms with van der Waals surface area (Å²) in [7, 11) is 1.27. The summed E-state index contributed by atoms with van der Waals surface area (Å²) >= 11 is 0. The third-order valence-electron chi connectivity index (χ3n) is 3.82. The van der Waals surface area contributed by atoms with E-state index in [-0.39, 0.29) is 25.1 Å². The lowest BCUT2D eigenvalue weighted by Crippen LogP contribution is -2.51. The van der Waals surface area contributed by atoms with E-state index in [2.05, 4.69) is 11.6 Å². The Kier molecular flexibility index (Phi) is 10.6. The average Bonchev–Trinajstić information content (AvgIpc) is 2.54. The smallest absolute Gasteiger partial charge is 0.411 e. The maximum atomic E-state index is 12.4. The lowest BCUT2D eigenvalue weighted by Gasteiger charge is -2.31. The van der Waals surface area contributed by atoms with Gasteiger partial charge in [0.2, 0.25) is 0 Å². The van der Waals surface area contributed by atoms with Crippen molar-refractivity contribution < 1.29 is 19.1 Å². The Hall–Kier alpha value is -2.05. The molecule has 144 valence electrons. The molecule has 0 heterocycles. The van der Waals surface area contributed by atoms with Crippen LogP contribution < -0.4 is 5.73 Å². The summed E-state index contributed by atoms with van der Waals surface area (Å²) < 4.78 is 9.81. The van der Waals surface area contributed by atoms with Crippen molar-refractivity contribution in [1.82, 2.24) is 4.90 Å². The molecule has 1 unspecified atom stereocenters. The second-order valence-corrected chi connectivity index (χ2v) is 6.75. The number of nitrogens with two attached hydrogens (primary N) is 1. The van der Waals surface area contributed by atoms with Crippen molar-refractivity contribution in [2.45, 2.75) is 53.1 Å². The van der Waals surface area contributed by atoms with Crippen LogP contribution in [0.2, 0.25) is 0 Å². The third-order valence-corrected chi connectivity index (χ3v) is 3.82. The van der Waals surface area contributed by atoms with E-state index < -0.39 is 18.1 Å². The van der Waals surface area contributed by atoms with Crippen LogP contribution in [0.5, 0.6) is 0 Å². The summed E-state index contributed by atoms with van der Waals surface area (Å²) in [6.07, 6.45) is 1.37. The second kappa shape index (κ2) is 11.5. The number of amidine groups is 1. The fraction of sp³-hybridized carbons (Fsp3) is 0.722. The lowest BCUT2D eigenvalue weighted by molar-refractivity contribution is -0.141. The average molecular weight is 355 g/mol. The highest BCUT2D eigenvalue weighted by Crippen LogP contribution is 2.16. The Morgan fingerprint density at radius 1 is 1.24 bits per heavy atom. The summed E-state index contributed by atoms with van der Waals surface area (Å²) in [6, 6.07) is -0.545. The third kappa shape index (κ3) is 8.56. The number of methoxy groups -OCH3 is 1. The number of carbonyl (C=O) groups excluding carboxylic acids is 2. The summed E-state index contributed by atoms with van der Waals surface area (Å²) in [5.41, 5.74) is 6.22. The van der Waals surface area contributed by atoms with Gasteiger partial charge in [-0.15, -0.1) is 0 Å². The van der Waals surface area contributed by atoms with Gasteiger partial charge in [-0.25, -0.2) is 4.79 Å². The van der Waals surface area contributed by atoms with Gasteiger partial charge in [0.25, 0.3) is 0 Å². The fourth-order valence-electron chi connectivity index (χ4n) is 2.04.